The Morgan fingerprint density at radius 1 is 1.13 bits per heavy atom. The summed E-state index contributed by atoms with van der Waals surface area (Å²) in [6, 6.07) is 7.79. The average Bonchev–Trinajstić information content (AvgIpc) is 3.44. The maximum Gasteiger partial charge on any atom is 0.305 e. The van der Waals surface area contributed by atoms with Crippen LogP contribution in [0.1, 0.15) is 6.23 Å². The number of imidazole rings is 1. The van der Waals surface area contributed by atoms with Gasteiger partial charge < -0.3 is 24.8 Å². The molecule has 11 nitrogen and oxygen atoms in total. The lowest BCUT2D eigenvalue weighted by atomic mass is 10.1. The van der Waals surface area contributed by atoms with Gasteiger partial charge in [0.2, 0.25) is 0 Å². The number of methoxy groups -OCH3 is 1. The number of aromatic nitrogens is 6. The minimum atomic E-state index is -1.26. The quantitative estimate of drug-likeness (QED) is 0.384. The van der Waals surface area contributed by atoms with Crippen LogP contribution >= 0.6 is 15.9 Å². The zero-order chi connectivity index (χ0) is 21.0. The summed E-state index contributed by atoms with van der Waals surface area (Å²) in [6.45, 7) is -0.428. The molecular formula is C18H17BrN6O5. The third-order valence-electron chi connectivity index (χ3n) is 5.11. The van der Waals surface area contributed by atoms with E-state index < -0.39 is 31.1 Å². The summed E-state index contributed by atoms with van der Waals surface area (Å²) >= 11 is 3.41. The summed E-state index contributed by atoms with van der Waals surface area (Å²) in [7, 11) is 1.48. The minimum absolute atomic E-state index is 0.217. The second-order valence-electron chi connectivity index (χ2n) is 6.84. The molecule has 1 fully saturated rings. The van der Waals surface area contributed by atoms with Crippen LogP contribution in [0, 0.1) is 0 Å². The van der Waals surface area contributed by atoms with E-state index in [1.54, 1.807) is 4.40 Å². The van der Waals surface area contributed by atoms with Gasteiger partial charge in [-0.1, -0.05) is 28.1 Å². The first-order valence-electron chi connectivity index (χ1n) is 9.07. The summed E-state index contributed by atoms with van der Waals surface area (Å²) in [4.78, 5) is 8.91. The van der Waals surface area contributed by atoms with Crippen LogP contribution in [0.2, 0.25) is 0 Å². The standard InChI is InChI=1S/C18H17BrN6O5/c1-29-18-21-15-11(20-7-24(15)17-13(28)12(27)10(6-26)30-17)16-23-22-14(25(16)18)8-2-4-9(19)5-3-8/h2-5,7,10,12-13,17,26-28H,6H2,1H3/t10-,12-,13-,17-/m1/s1. The zero-order valence-corrected chi connectivity index (χ0v) is 17.2. The molecule has 4 atom stereocenters. The summed E-state index contributed by atoms with van der Waals surface area (Å²) < 4.78 is 15.2. The van der Waals surface area contributed by atoms with Gasteiger partial charge in [-0.2, -0.15) is 4.98 Å². The lowest BCUT2D eigenvalue weighted by molar-refractivity contribution is -0.0511. The number of hydrogen-bond donors (Lipinski definition) is 3. The Morgan fingerprint density at radius 3 is 2.57 bits per heavy atom. The third-order valence-corrected chi connectivity index (χ3v) is 5.64. The Morgan fingerprint density at radius 2 is 1.90 bits per heavy atom. The summed E-state index contributed by atoms with van der Waals surface area (Å²) in [5.41, 5.74) is 1.99. The lowest BCUT2D eigenvalue weighted by Crippen LogP contribution is -2.33. The van der Waals surface area contributed by atoms with Gasteiger partial charge in [0.15, 0.2) is 28.9 Å². The Kier molecular flexibility index (Phi) is 4.67. The Hall–Kier alpha value is -2.64. The van der Waals surface area contributed by atoms with Crippen molar-refractivity contribution in [3.05, 3.63) is 35.1 Å². The number of halogens is 1. The van der Waals surface area contributed by atoms with Gasteiger partial charge in [0, 0.05) is 10.0 Å². The molecule has 3 N–H and O–H groups in total. The largest absolute Gasteiger partial charge is 0.468 e. The van der Waals surface area contributed by atoms with Crippen LogP contribution < -0.4 is 4.74 Å². The van der Waals surface area contributed by atoms with Gasteiger partial charge >= 0.3 is 6.01 Å². The van der Waals surface area contributed by atoms with Crippen LogP contribution in [0.15, 0.2) is 35.1 Å². The number of aliphatic hydroxyl groups excluding tert-OH is 3. The zero-order valence-electron chi connectivity index (χ0n) is 15.6. The predicted molar refractivity (Wildman–Crippen MR) is 107 cm³/mol. The molecule has 0 saturated carbocycles. The molecule has 0 aliphatic carbocycles. The van der Waals surface area contributed by atoms with Gasteiger partial charge in [-0.25, -0.2) is 9.38 Å². The number of fused-ring (bicyclic) bond motifs is 3. The fraction of sp³-hybridized carbons (Fsp3) is 0.333. The molecule has 5 rings (SSSR count). The Labute approximate surface area is 177 Å². The molecule has 12 heteroatoms. The maximum absolute atomic E-state index is 10.4. The molecule has 3 aromatic heterocycles. The minimum Gasteiger partial charge on any atom is -0.468 e. The van der Waals surface area contributed by atoms with Crippen molar-refractivity contribution in [2.24, 2.45) is 0 Å². The highest BCUT2D eigenvalue weighted by Crippen LogP contribution is 2.33. The molecule has 1 aliphatic rings. The highest BCUT2D eigenvalue weighted by Gasteiger charge is 2.44. The van der Waals surface area contributed by atoms with Gasteiger partial charge in [0.1, 0.15) is 18.3 Å². The molecule has 0 bridgehead atoms. The number of rotatable bonds is 4. The Balaban J connectivity index is 1.68. The topological polar surface area (TPSA) is 140 Å². The van der Waals surface area contributed by atoms with Gasteiger partial charge in [-0.05, 0) is 12.1 Å². The molecule has 0 spiro atoms. The summed E-state index contributed by atoms with van der Waals surface area (Å²) in [5, 5.41) is 38.4. The van der Waals surface area contributed by atoms with Gasteiger partial charge in [0.05, 0.1) is 20.0 Å². The second-order valence-corrected chi connectivity index (χ2v) is 7.76. The number of benzene rings is 1. The first kappa shape index (κ1) is 19.3. The Bertz CT molecular complexity index is 1230. The second kappa shape index (κ2) is 7.25. The normalized spacial score (nSPS) is 24.2. The number of nitrogens with zero attached hydrogens (tertiary/aromatic N) is 6. The monoisotopic (exact) mass is 476 g/mol. The number of aliphatic hydroxyl groups is 3. The van der Waals surface area contributed by atoms with Crippen LogP contribution in [0.3, 0.4) is 0 Å². The first-order valence-corrected chi connectivity index (χ1v) is 9.87. The van der Waals surface area contributed by atoms with Gasteiger partial charge in [0.25, 0.3) is 0 Å². The van der Waals surface area contributed by atoms with E-state index >= 15 is 0 Å². The summed E-state index contributed by atoms with van der Waals surface area (Å²) in [5.74, 6) is 0.534. The lowest BCUT2D eigenvalue weighted by Gasteiger charge is -2.16. The molecule has 0 amide bonds. The van der Waals surface area contributed by atoms with Crippen molar-refractivity contribution < 1.29 is 24.8 Å². The van der Waals surface area contributed by atoms with E-state index in [1.165, 1.54) is 18.0 Å². The van der Waals surface area contributed by atoms with Gasteiger partial charge in [-0.15, -0.1) is 10.2 Å². The van der Waals surface area contributed by atoms with Crippen LogP contribution in [0.25, 0.3) is 28.2 Å². The molecule has 1 saturated heterocycles. The van der Waals surface area contributed by atoms with Crippen LogP contribution in [0.5, 0.6) is 6.01 Å². The molecule has 0 unspecified atom stereocenters. The SMILES string of the molecule is COc1nc2c(ncn2[C@@H]2O[C@H](CO)[C@@H](O)[C@H]2O)c2nnc(-c3ccc(Br)cc3)n12. The fourth-order valence-corrected chi connectivity index (χ4v) is 3.87. The van der Waals surface area contributed by atoms with Crippen molar-refractivity contribution in [2.45, 2.75) is 24.5 Å². The van der Waals surface area contributed by atoms with Gasteiger partial charge in [-0.3, -0.25) is 4.57 Å². The fourth-order valence-electron chi connectivity index (χ4n) is 3.60. The van der Waals surface area contributed by atoms with E-state index in [9.17, 15) is 15.3 Å². The third kappa shape index (κ3) is 2.80. The molecule has 1 aromatic carbocycles. The molecule has 4 heterocycles. The number of ether oxygens (including phenoxy) is 2. The molecule has 156 valence electrons. The van der Waals surface area contributed by atoms with E-state index in [2.05, 4.69) is 36.1 Å². The van der Waals surface area contributed by atoms with Crippen molar-refractivity contribution in [1.29, 1.82) is 0 Å². The molecular weight excluding hydrogens is 460 g/mol. The molecule has 4 aromatic rings. The van der Waals surface area contributed by atoms with E-state index in [1.807, 2.05) is 24.3 Å². The van der Waals surface area contributed by atoms with E-state index in [0.29, 0.717) is 22.6 Å². The van der Waals surface area contributed by atoms with Crippen LogP contribution in [-0.2, 0) is 4.74 Å². The smallest absolute Gasteiger partial charge is 0.305 e. The van der Waals surface area contributed by atoms with Crippen LogP contribution in [-0.4, -0.2) is 76.5 Å². The van der Waals surface area contributed by atoms with E-state index in [4.69, 9.17) is 9.47 Å². The van der Waals surface area contributed by atoms with Crippen molar-refractivity contribution >= 4 is 32.7 Å². The molecule has 0 radical (unpaired) electrons. The average molecular weight is 477 g/mol. The van der Waals surface area contributed by atoms with E-state index in [-0.39, 0.29) is 6.01 Å². The van der Waals surface area contributed by atoms with Crippen molar-refractivity contribution in [3.8, 4) is 17.4 Å². The van der Waals surface area contributed by atoms with Crippen LogP contribution in [0.4, 0.5) is 0 Å². The maximum atomic E-state index is 10.4. The summed E-state index contributed by atoms with van der Waals surface area (Å²) in [6.07, 6.45) is -2.95. The van der Waals surface area contributed by atoms with Crippen molar-refractivity contribution in [1.82, 2.24) is 29.1 Å². The van der Waals surface area contributed by atoms with E-state index in [0.717, 1.165) is 10.0 Å². The van der Waals surface area contributed by atoms with Crippen molar-refractivity contribution in [2.75, 3.05) is 13.7 Å². The highest BCUT2D eigenvalue weighted by atomic mass is 79.9. The predicted octanol–water partition coefficient (Wildman–Crippen LogP) is 0.524. The number of hydrogen-bond acceptors (Lipinski definition) is 9. The highest BCUT2D eigenvalue weighted by molar-refractivity contribution is 9.10. The first-order chi connectivity index (χ1) is 14.5. The van der Waals surface area contributed by atoms with Crippen molar-refractivity contribution in [3.63, 3.8) is 0 Å². The molecule has 30 heavy (non-hydrogen) atoms. The molecule has 1 aliphatic heterocycles.